The van der Waals surface area contributed by atoms with E-state index >= 15 is 0 Å². The van der Waals surface area contributed by atoms with Crippen LogP contribution in [0.2, 0.25) is 0 Å². The van der Waals surface area contributed by atoms with Crippen molar-refractivity contribution in [3.8, 4) is 0 Å². The molecule has 4 nitrogen and oxygen atoms in total. The fourth-order valence-corrected chi connectivity index (χ4v) is 3.25. The topological polar surface area (TPSA) is 44.1 Å². The van der Waals surface area contributed by atoms with Crippen molar-refractivity contribution >= 4 is 28.3 Å². The van der Waals surface area contributed by atoms with E-state index in [1.54, 1.807) is 42.5 Å². The number of rotatable bonds is 6. The van der Waals surface area contributed by atoms with Gasteiger partial charge in [0.25, 0.3) is 0 Å². The van der Waals surface area contributed by atoms with Gasteiger partial charge in [-0.25, -0.2) is 4.98 Å². The summed E-state index contributed by atoms with van der Waals surface area (Å²) in [5.74, 6) is -0.376. The Morgan fingerprint density at radius 2 is 2.08 bits per heavy atom. The van der Waals surface area contributed by atoms with Gasteiger partial charge in [0, 0.05) is 4.88 Å². The Kier molecular flexibility index (Phi) is 4.89. The molecule has 24 heavy (non-hydrogen) atoms. The molecule has 3 aromatic rings. The fourth-order valence-electron chi connectivity index (χ4n) is 2.54. The molecule has 0 amide bonds. The second-order valence-corrected chi connectivity index (χ2v) is 6.35. The lowest BCUT2D eigenvalue weighted by atomic mass is 10.2. The molecule has 7 heteroatoms. The van der Waals surface area contributed by atoms with Crippen molar-refractivity contribution < 1.29 is 18.3 Å². The van der Waals surface area contributed by atoms with Crippen molar-refractivity contribution in [3.05, 3.63) is 52.5 Å². The number of para-hydroxylation sites is 2. The van der Waals surface area contributed by atoms with Gasteiger partial charge in [0.1, 0.15) is 0 Å². The van der Waals surface area contributed by atoms with E-state index < -0.39 is 18.6 Å². The van der Waals surface area contributed by atoms with Crippen molar-refractivity contribution in [2.75, 3.05) is 0 Å². The number of thiophene rings is 1. The molecule has 0 aliphatic heterocycles. The average Bonchev–Trinajstić information content (AvgIpc) is 3.20. The predicted octanol–water partition coefficient (Wildman–Crippen LogP) is 4.73. The molecule has 0 radical (unpaired) electrons. The zero-order chi connectivity index (χ0) is 17.1. The molecule has 126 valence electrons. The molecule has 1 unspecified atom stereocenters. The molecular formula is C17H16F2N2O2S. The average molecular weight is 350 g/mol. The van der Waals surface area contributed by atoms with Crippen LogP contribution in [0, 0.1) is 0 Å². The van der Waals surface area contributed by atoms with E-state index in [2.05, 4.69) is 4.98 Å². The van der Waals surface area contributed by atoms with Gasteiger partial charge in [-0.2, -0.15) is 8.78 Å². The van der Waals surface area contributed by atoms with E-state index in [-0.39, 0.29) is 12.2 Å². The summed E-state index contributed by atoms with van der Waals surface area (Å²) in [5.41, 5.74) is 0.776. The molecule has 0 saturated heterocycles. The number of halogens is 2. The smallest absolute Gasteiger partial charge is 0.320 e. The Bertz CT molecular complexity index is 830. The second-order valence-electron chi connectivity index (χ2n) is 5.32. The highest BCUT2D eigenvalue weighted by Gasteiger charge is 2.24. The van der Waals surface area contributed by atoms with Gasteiger partial charge in [0.15, 0.2) is 11.9 Å². The summed E-state index contributed by atoms with van der Waals surface area (Å²) in [5, 5.41) is 1.94. The first-order valence-electron chi connectivity index (χ1n) is 7.53. The van der Waals surface area contributed by atoms with E-state index in [4.69, 9.17) is 4.74 Å². The van der Waals surface area contributed by atoms with Crippen molar-refractivity contribution in [3.63, 3.8) is 0 Å². The standard InChI is InChI=1S/C17H16F2N2O2S/c1-11(23-15(22)9-8-12-5-4-10-24-12)16-20-13-6-2-3-7-14(13)21(16)17(18)19/h2-7,10-11,17H,8-9H2,1H3. The van der Waals surface area contributed by atoms with Crippen LogP contribution in [0.15, 0.2) is 41.8 Å². The highest BCUT2D eigenvalue weighted by atomic mass is 32.1. The zero-order valence-corrected chi connectivity index (χ0v) is 13.8. The summed E-state index contributed by atoms with van der Waals surface area (Å²) in [7, 11) is 0. The number of carbonyl (C=O) groups excluding carboxylic acids is 1. The van der Waals surface area contributed by atoms with Gasteiger partial charge in [0.05, 0.1) is 17.5 Å². The minimum Gasteiger partial charge on any atom is -0.454 e. The molecule has 0 saturated carbocycles. The molecule has 0 bridgehead atoms. The highest BCUT2D eigenvalue weighted by Crippen LogP contribution is 2.28. The number of esters is 1. The third-order valence-corrected chi connectivity index (χ3v) is 4.58. The van der Waals surface area contributed by atoms with Crippen molar-refractivity contribution in [1.82, 2.24) is 9.55 Å². The van der Waals surface area contributed by atoms with Crippen LogP contribution < -0.4 is 0 Å². The fraction of sp³-hybridized carbons (Fsp3) is 0.294. The monoisotopic (exact) mass is 350 g/mol. The van der Waals surface area contributed by atoms with E-state index in [1.807, 2.05) is 17.5 Å². The maximum atomic E-state index is 13.4. The van der Waals surface area contributed by atoms with E-state index in [1.165, 1.54) is 0 Å². The SMILES string of the molecule is CC(OC(=O)CCc1cccs1)c1nc2ccccc2n1C(F)F. The Morgan fingerprint density at radius 1 is 1.29 bits per heavy atom. The summed E-state index contributed by atoms with van der Waals surface area (Å²) >= 11 is 1.57. The van der Waals surface area contributed by atoms with Gasteiger partial charge in [-0.05, 0) is 36.9 Å². The Morgan fingerprint density at radius 3 is 2.79 bits per heavy atom. The van der Waals surface area contributed by atoms with Crippen LogP contribution in [-0.4, -0.2) is 15.5 Å². The van der Waals surface area contributed by atoms with Crippen molar-refractivity contribution in [2.45, 2.75) is 32.4 Å². The molecule has 0 spiro atoms. The minimum atomic E-state index is -2.75. The van der Waals surface area contributed by atoms with E-state index in [0.29, 0.717) is 17.5 Å². The normalized spacial score (nSPS) is 12.7. The van der Waals surface area contributed by atoms with Crippen molar-refractivity contribution in [1.29, 1.82) is 0 Å². The summed E-state index contributed by atoms with van der Waals surface area (Å²) in [4.78, 5) is 17.3. The second kappa shape index (κ2) is 7.09. The van der Waals surface area contributed by atoms with Crippen LogP contribution in [0.25, 0.3) is 11.0 Å². The number of fused-ring (bicyclic) bond motifs is 1. The number of carbonyl (C=O) groups is 1. The minimum absolute atomic E-state index is 0.0515. The number of ether oxygens (including phenoxy) is 1. The number of hydrogen-bond donors (Lipinski definition) is 0. The number of imidazole rings is 1. The lowest BCUT2D eigenvalue weighted by molar-refractivity contribution is -0.149. The third-order valence-electron chi connectivity index (χ3n) is 3.65. The number of nitrogens with zero attached hydrogens (tertiary/aromatic N) is 2. The maximum absolute atomic E-state index is 13.4. The maximum Gasteiger partial charge on any atom is 0.320 e. The Hall–Kier alpha value is -2.28. The van der Waals surface area contributed by atoms with E-state index in [9.17, 15) is 13.6 Å². The molecule has 0 fully saturated rings. The Balaban J connectivity index is 1.74. The molecule has 0 aliphatic carbocycles. The van der Waals surface area contributed by atoms with Gasteiger partial charge < -0.3 is 4.74 Å². The first kappa shape index (κ1) is 16.6. The lowest BCUT2D eigenvalue weighted by Crippen LogP contribution is -2.14. The number of benzene rings is 1. The Labute approximate surface area is 141 Å². The lowest BCUT2D eigenvalue weighted by Gasteiger charge is -2.15. The molecule has 0 aliphatic rings. The van der Waals surface area contributed by atoms with Crippen LogP contribution >= 0.6 is 11.3 Å². The molecular weight excluding hydrogens is 334 g/mol. The molecule has 1 atom stereocenters. The predicted molar refractivity (Wildman–Crippen MR) is 88.1 cm³/mol. The number of aryl methyl sites for hydroxylation is 1. The van der Waals surface area contributed by atoms with Gasteiger partial charge in [-0.15, -0.1) is 11.3 Å². The number of aromatic nitrogens is 2. The quantitative estimate of drug-likeness (QED) is 0.604. The van der Waals surface area contributed by atoms with Crippen molar-refractivity contribution in [2.24, 2.45) is 0 Å². The molecule has 3 rings (SSSR count). The first-order valence-corrected chi connectivity index (χ1v) is 8.41. The summed E-state index contributed by atoms with van der Waals surface area (Å²) < 4.78 is 32.9. The molecule has 2 heterocycles. The van der Waals surface area contributed by atoms with Gasteiger partial charge in [0.2, 0.25) is 0 Å². The van der Waals surface area contributed by atoms with E-state index in [0.717, 1.165) is 9.44 Å². The van der Waals surface area contributed by atoms with Crippen LogP contribution in [0.1, 0.15) is 36.7 Å². The van der Waals surface area contributed by atoms with Crippen LogP contribution in [0.4, 0.5) is 8.78 Å². The summed E-state index contributed by atoms with van der Waals surface area (Å²) in [6.45, 7) is -1.19. The number of alkyl halides is 2. The first-order chi connectivity index (χ1) is 11.6. The van der Waals surface area contributed by atoms with Gasteiger partial charge >= 0.3 is 12.5 Å². The zero-order valence-electron chi connectivity index (χ0n) is 13.0. The molecule has 0 N–H and O–H groups in total. The van der Waals surface area contributed by atoms with Gasteiger partial charge in [-0.3, -0.25) is 9.36 Å². The van der Waals surface area contributed by atoms with Crippen LogP contribution in [-0.2, 0) is 16.0 Å². The van der Waals surface area contributed by atoms with Crippen LogP contribution in [0.5, 0.6) is 0 Å². The number of hydrogen-bond acceptors (Lipinski definition) is 4. The molecule has 2 aromatic heterocycles. The summed E-state index contributed by atoms with van der Waals surface area (Å²) in [6, 6.07) is 10.5. The summed E-state index contributed by atoms with van der Waals surface area (Å²) in [6.07, 6.45) is -0.0592. The van der Waals surface area contributed by atoms with Crippen LogP contribution in [0.3, 0.4) is 0 Å². The third kappa shape index (κ3) is 3.46. The molecule has 1 aromatic carbocycles. The highest BCUT2D eigenvalue weighted by molar-refractivity contribution is 7.09. The largest absolute Gasteiger partial charge is 0.454 e. The van der Waals surface area contributed by atoms with Gasteiger partial charge in [-0.1, -0.05) is 18.2 Å².